The largest absolute Gasteiger partial charge is 0.493 e. The first-order valence-corrected chi connectivity index (χ1v) is 9.52. The maximum atomic E-state index is 13.5. The average Bonchev–Trinajstić information content (AvgIpc) is 3.34. The van der Waals surface area contributed by atoms with Gasteiger partial charge in [-0.1, -0.05) is 11.6 Å². The van der Waals surface area contributed by atoms with E-state index in [1.54, 1.807) is 28.9 Å². The van der Waals surface area contributed by atoms with Crippen LogP contribution >= 0.6 is 11.6 Å². The molecule has 3 heterocycles. The number of aromatic hydroxyl groups is 1. The van der Waals surface area contributed by atoms with Gasteiger partial charge >= 0.3 is 5.69 Å². The molecule has 0 radical (unpaired) electrons. The van der Waals surface area contributed by atoms with Crippen LogP contribution in [0, 0.1) is 5.82 Å². The van der Waals surface area contributed by atoms with Gasteiger partial charge in [0.2, 0.25) is 5.88 Å². The number of aromatic nitrogens is 5. The number of H-pyrrole nitrogens is 2. The maximum Gasteiger partial charge on any atom is 0.326 e. The summed E-state index contributed by atoms with van der Waals surface area (Å²) in [5, 5.41) is 17.9. The van der Waals surface area contributed by atoms with Gasteiger partial charge in [-0.2, -0.15) is 9.61 Å². The first-order chi connectivity index (χ1) is 14.5. The highest BCUT2D eigenvalue weighted by Gasteiger charge is 2.20. The third-order valence-electron chi connectivity index (χ3n) is 4.57. The van der Waals surface area contributed by atoms with Gasteiger partial charge in [0.05, 0.1) is 17.3 Å². The van der Waals surface area contributed by atoms with E-state index in [9.17, 15) is 14.3 Å². The molecular weight excluding hydrogens is 413 g/mol. The Labute approximate surface area is 172 Å². The number of hydrogen-bond donors (Lipinski definition) is 4. The van der Waals surface area contributed by atoms with Crippen molar-refractivity contribution in [1.82, 2.24) is 24.6 Å². The van der Waals surface area contributed by atoms with E-state index in [4.69, 9.17) is 11.6 Å². The molecule has 1 fully saturated rings. The lowest BCUT2D eigenvalue weighted by Crippen LogP contribution is -2.19. The number of halogens is 2. The lowest BCUT2D eigenvalue weighted by atomic mass is 10.3. The molecule has 30 heavy (non-hydrogen) atoms. The Kier molecular flexibility index (Phi) is 4.28. The minimum absolute atomic E-state index is 0.00534. The van der Waals surface area contributed by atoms with E-state index in [0.29, 0.717) is 27.9 Å². The van der Waals surface area contributed by atoms with E-state index < -0.39 is 11.5 Å². The van der Waals surface area contributed by atoms with Gasteiger partial charge in [-0.25, -0.2) is 14.2 Å². The van der Waals surface area contributed by atoms with Crippen LogP contribution in [-0.2, 0) is 0 Å². The van der Waals surface area contributed by atoms with E-state index >= 15 is 0 Å². The topological polar surface area (TPSA) is 123 Å². The van der Waals surface area contributed by atoms with Crippen LogP contribution in [0.3, 0.4) is 0 Å². The Morgan fingerprint density at radius 3 is 2.87 bits per heavy atom. The van der Waals surface area contributed by atoms with Crippen molar-refractivity contribution < 1.29 is 9.50 Å². The van der Waals surface area contributed by atoms with Gasteiger partial charge in [0.25, 0.3) is 0 Å². The van der Waals surface area contributed by atoms with Gasteiger partial charge in [0.1, 0.15) is 17.3 Å². The number of anilines is 2. The van der Waals surface area contributed by atoms with Crippen molar-refractivity contribution in [1.29, 1.82) is 0 Å². The molecule has 5 rings (SSSR count). The third-order valence-corrected chi connectivity index (χ3v) is 4.86. The molecule has 0 unspecified atom stereocenters. The van der Waals surface area contributed by atoms with Gasteiger partial charge in [-0.15, -0.1) is 0 Å². The molecule has 3 aromatic heterocycles. The minimum atomic E-state index is -0.525. The molecule has 4 N–H and O–H groups in total. The summed E-state index contributed by atoms with van der Waals surface area (Å²) >= 11 is 5.87. The highest BCUT2D eigenvalue weighted by Crippen LogP contribution is 2.23. The number of hydrogen-bond acceptors (Lipinski definition) is 6. The Hall–Kier alpha value is -3.66. The maximum absolute atomic E-state index is 13.5. The Balaban J connectivity index is 1.67. The van der Waals surface area contributed by atoms with Crippen LogP contribution in [0.5, 0.6) is 5.88 Å². The molecule has 1 aromatic carbocycles. The zero-order chi connectivity index (χ0) is 20.8. The third kappa shape index (κ3) is 3.52. The number of nitrogens with zero attached hydrogens (tertiary/aromatic N) is 4. The molecule has 0 amide bonds. The van der Waals surface area contributed by atoms with E-state index in [-0.39, 0.29) is 22.6 Å². The monoisotopic (exact) mass is 427 g/mol. The van der Waals surface area contributed by atoms with Gasteiger partial charge in [-0.3, -0.25) is 9.98 Å². The molecule has 0 saturated heterocycles. The average molecular weight is 428 g/mol. The molecule has 9 nitrogen and oxygen atoms in total. The number of fused-ring (bicyclic) bond motifs is 1. The molecule has 0 spiro atoms. The Morgan fingerprint density at radius 2 is 2.17 bits per heavy atom. The van der Waals surface area contributed by atoms with E-state index in [1.807, 2.05) is 0 Å². The normalized spacial score (nSPS) is 15.3. The zero-order valence-corrected chi connectivity index (χ0v) is 16.1. The Morgan fingerprint density at radius 1 is 1.33 bits per heavy atom. The van der Waals surface area contributed by atoms with E-state index in [1.165, 1.54) is 12.1 Å². The van der Waals surface area contributed by atoms with E-state index in [0.717, 1.165) is 12.8 Å². The summed E-state index contributed by atoms with van der Waals surface area (Å²) in [6.45, 7) is 0. The summed E-state index contributed by atoms with van der Waals surface area (Å²) in [7, 11) is 0. The van der Waals surface area contributed by atoms with Gasteiger partial charge in [0.15, 0.2) is 11.1 Å². The highest BCUT2D eigenvalue weighted by atomic mass is 35.5. The molecule has 11 heteroatoms. The van der Waals surface area contributed by atoms with Crippen LogP contribution in [0.25, 0.3) is 11.7 Å². The molecule has 1 aliphatic carbocycles. The molecule has 152 valence electrons. The highest BCUT2D eigenvalue weighted by molar-refractivity contribution is 6.31. The fourth-order valence-electron chi connectivity index (χ4n) is 2.98. The van der Waals surface area contributed by atoms with Crippen molar-refractivity contribution in [2.24, 2.45) is 4.99 Å². The predicted octanol–water partition coefficient (Wildman–Crippen LogP) is 1.60. The summed E-state index contributed by atoms with van der Waals surface area (Å²) in [6.07, 6.45) is 5.15. The van der Waals surface area contributed by atoms with Crippen molar-refractivity contribution in [3.63, 3.8) is 0 Å². The second-order valence-electron chi connectivity index (χ2n) is 6.93. The van der Waals surface area contributed by atoms with Crippen molar-refractivity contribution in [3.05, 3.63) is 68.2 Å². The van der Waals surface area contributed by atoms with Gasteiger partial charge in [-0.05, 0) is 37.1 Å². The first-order valence-electron chi connectivity index (χ1n) is 9.14. The van der Waals surface area contributed by atoms with Crippen LogP contribution in [-0.4, -0.2) is 35.7 Å². The second kappa shape index (κ2) is 6.99. The minimum Gasteiger partial charge on any atom is -0.493 e. The smallest absolute Gasteiger partial charge is 0.326 e. The molecule has 1 saturated carbocycles. The van der Waals surface area contributed by atoms with Crippen LogP contribution in [0.15, 0.2) is 40.2 Å². The summed E-state index contributed by atoms with van der Waals surface area (Å²) in [5.41, 5.74) is 1.32. The standard InChI is InChI=1S/C19H15ClFN7O2/c20-12-6-11(3-4-13(12)21)23-15-7-16(24-10-1-2-10)28-17(26-15)9(8-22-28)5-14-18(29)27-19(30)25-14/h3-8,10,23,29H,1-2H2,(H2,25,27,30)/b9-5+,24-16?. The number of aromatic amines is 2. The van der Waals surface area contributed by atoms with Gasteiger partial charge in [0, 0.05) is 17.0 Å². The van der Waals surface area contributed by atoms with Crippen LogP contribution in [0.2, 0.25) is 5.02 Å². The van der Waals surface area contributed by atoms with Crippen LogP contribution in [0.4, 0.5) is 15.9 Å². The lowest BCUT2D eigenvalue weighted by molar-refractivity contribution is 0.454. The zero-order valence-electron chi connectivity index (χ0n) is 15.4. The quantitative estimate of drug-likeness (QED) is 0.394. The number of benzene rings is 1. The Bertz CT molecular complexity index is 1450. The summed E-state index contributed by atoms with van der Waals surface area (Å²) in [4.78, 5) is 25.4. The van der Waals surface area contributed by atoms with Crippen molar-refractivity contribution in [2.45, 2.75) is 18.9 Å². The molecular formula is C19H15ClFN7O2. The number of nitrogens with one attached hydrogen (secondary N) is 3. The summed E-state index contributed by atoms with van der Waals surface area (Å²) in [6, 6.07) is 6.27. The summed E-state index contributed by atoms with van der Waals surface area (Å²) < 4.78 is 15.1. The second-order valence-corrected chi connectivity index (χ2v) is 7.34. The van der Waals surface area contributed by atoms with E-state index in [2.05, 4.69) is 30.4 Å². The van der Waals surface area contributed by atoms with Crippen LogP contribution in [0.1, 0.15) is 18.5 Å². The molecule has 4 aromatic rings. The SMILES string of the molecule is O=c1[nH]c(O)c(/C=c2\cnn3c(=NC4CC4)cc(Nc4ccc(F)c(Cl)c4)nc23)[nH]1. The molecule has 0 bridgehead atoms. The predicted molar refractivity (Wildman–Crippen MR) is 108 cm³/mol. The van der Waals surface area contributed by atoms with Crippen molar-refractivity contribution >= 4 is 34.8 Å². The first kappa shape index (κ1) is 18.4. The van der Waals surface area contributed by atoms with Gasteiger partial charge < -0.3 is 15.4 Å². The van der Waals surface area contributed by atoms with Crippen molar-refractivity contribution in [3.8, 4) is 5.88 Å². The molecule has 0 atom stereocenters. The fraction of sp³-hybridized carbons (Fsp3) is 0.158. The summed E-state index contributed by atoms with van der Waals surface area (Å²) in [5.74, 6) is -0.327. The fourth-order valence-corrected chi connectivity index (χ4v) is 3.16. The molecule has 1 aliphatic rings. The number of imidazole rings is 1. The van der Waals surface area contributed by atoms with Crippen molar-refractivity contribution in [2.75, 3.05) is 5.32 Å². The number of rotatable bonds is 4. The lowest BCUT2D eigenvalue weighted by Gasteiger charge is -2.07. The van der Waals surface area contributed by atoms with Crippen LogP contribution < -0.4 is 21.7 Å². The molecule has 0 aliphatic heterocycles.